The molecule has 1 atom stereocenters. The van der Waals surface area contributed by atoms with Crippen LogP contribution in [0.5, 0.6) is 5.75 Å². The highest BCUT2D eigenvalue weighted by atomic mass is 16.5. The molecular formula is C20H24O3. The summed E-state index contributed by atoms with van der Waals surface area (Å²) in [4.78, 5) is 12.1. The minimum Gasteiger partial charge on any atom is -0.508 e. The molecule has 0 aliphatic carbocycles. The first-order valence-corrected chi connectivity index (χ1v) is 8.04. The van der Waals surface area contributed by atoms with Crippen molar-refractivity contribution in [3.8, 4) is 5.75 Å². The van der Waals surface area contributed by atoms with E-state index in [1.165, 1.54) is 5.56 Å². The fourth-order valence-corrected chi connectivity index (χ4v) is 2.38. The zero-order valence-corrected chi connectivity index (χ0v) is 13.8. The zero-order chi connectivity index (χ0) is 16.7. The van der Waals surface area contributed by atoms with Crippen LogP contribution in [0.2, 0.25) is 0 Å². The summed E-state index contributed by atoms with van der Waals surface area (Å²) in [5.74, 6) is 0.246. The number of benzene rings is 2. The Hall–Kier alpha value is -2.13. The molecule has 0 radical (unpaired) electrons. The molecule has 0 aliphatic rings. The molecule has 0 fully saturated rings. The topological polar surface area (TPSA) is 46.5 Å². The largest absolute Gasteiger partial charge is 0.508 e. The predicted molar refractivity (Wildman–Crippen MR) is 91.5 cm³/mol. The highest BCUT2D eigenvalue weighted by Gasteiger charge is 2.13. The first-order valence-electron chi connectivity index (χ1n) is 8.04. The van der Waals surface area contributed by atoms with Gasteiger partial charge in [-0.25, -0.2) is 0 Å². The third-order valence-corrected chi connectivity index (χ3v) is 3.97. The Morgan fingerprint density at radius 1 is 1.00 bits per heavy atom. The predicted octanol–water partition coefficient (Wildman–Crippen LogP) is 3.92. The molecule has 0 aromatic heterocycles. The van der Waals surface area contributed by atoms with Crippen LogP contribution in [0, 0.1) is 5.92 Å². The molecule has 2 rings (SSSR count). The van der Waals surface area contributed by atoms with Crippen LogP contribution in [0.3, 0.4) is 0 Å². The summed E-state index contributed by atoms with van der Waals surface area (Å²) in [6.45, 7) is 4.63. The van der Waals surface area contributed by atoms with E-state index in [2.05, 4.69) is 19.1 Å². The maximum atomic E-state index is 12.1. The Bertz CT molecular complexity index is 614. The number of rotatable bonds is 8. The quantitative estimate of drug-likeness (QED) is 0.803. The van der Waals surface area contributed by atoms with Gasteiger partial charge in [-0.1, -0.05) is 50.2 Å². The lowest BCUT2D eigenvalue weighted by Crippen LogP contribution is -2.19. The molecule has 122 valence electrons. The van der Waals surface area contributed by atoms with Gasteiger partial charge in [-0.15, -0.1) is 0 Å². The third-order valence-electron chi connectivity index (χ3n) is 3.97. The number of phenols is 1. The number of carbonyl (C=O) groups excluding carboxylic acids is 1. The van der Waals surface area contributed by atoms with Crippen molar-refractivity contribution in [2.45, 2.75) is 33.3 Å². The molecule has 0 amide bonds. The van der Waals surface area contributed by atoms with Crippen LogP contribution < -0.4 is 0 Å². The Balaban J connectivity index is 1.75. The van der Waals surface area contributed by atoms with Crippen LogP contribution in [0.1, 0.15) is 30.5 Å². The minimum atomic E-state index is -0.0954. The minimum absolute atomic E-state index is 0.0954. The lowest BCUT2D eigenvalue weighted by molar-refractivity contribution is -0.127. The van der Waals surface area contributed by atoms with Gasteiger partial charge >= 0.3 is 0 Å². The number of aromatic hydroxyl groups is 1. The second-order valence-corrected chi connectivity index (χ2v) is 5.90. The number of aryl methyl sites for hydroxylation is 1. The summed E-state index contributed by atoms with van der Waals surface area (Å²) in [7, 11) is 0. The summed E-state index contributed by atoms with van der Waals surface area (Å²) in [6, 6.07) is 15.2. The standard InChI is InChI=1S/C20H24O3/c1-3-16-4-6-18(7-5-16)13-23-14-20(22)15(2)12-17-8-10-19(21)11-9-17/h4-11,15,21H,3,12-14H2,1-2H3/t15-/m1/s1. The molecule has 0 saturated carbocycles. The number of carbonyl (C=O) groups is 1. The fraction of sp³-hybridized carbons (Fsp3) is 0.350. The number of hydrogen-bond acceptors (Lipinski definition) is 3. The summed E-state index contributed by atoms with van der Waals surface area (Å²) >= 11 is 0. The first-order chi connectivity index (χ1) is 11.1. The maximum absolute atomic E-state index is 12.1. The van der Waals surface area contributed by atoms with Gasteiger partial charge in [0.25, 0.3) is 0 Å². The molecular weight excluding hydrogens is 288 g/mol. The van der Waals surface area contributed by atoms with Crippen molar-refractivity contribution in [2.24, 2.45) is 5.92 Å². The molecule has 0 aliphatic heterocycles. The van der Waals surface area contributed by atoms with Crippen LogP contribution >= 0.6 is 0 Å². The molecule has 0 saturated heterocycles. The molecule has 3 heteroatoms. The van der Waals surface area contributed by atoms with Crippen LogP contribution in [0.25, 0.3) is 0 Å². The van der Waals surface area contributed by atoms with Gasteiger partial charge < -0.3 is 9.84 Å². The van der Waals surface area contributed by atoms with Gasteiger partial charge in [-0.05, 0) is 41.7 Å². The van der Waals surface area contributed by atoms with E-state index >= 15 is 0 Å². The van der Waals surface area contributed by atoms with Crippen LogP contribution in [0.4, 0.5) is 0 Å². The van der Waals surface area contributed by atoms with Gasteiger partial charge in [-0.3, -0.25) is 4.79 Å². The van der Waals surface area contributed by atoms with Gasteiger partial charge in [0.1, 0.15) is 12.4 Å². The van der Waals surface area contributed by atoms with Crippen molar-refractivity contribution < 1.29 is 14.6 Å². The molecule has 23 heavy (non-hydrogen) atoms. The van der Waals surface area contributed by atoms with E-state index in [9.17, 15) is 9.90 Å². The van der Waals surface area contributed by atoms with Gasteiger partial charge in [0.05, 0.1) is 6.61 Å². The number of phenolic OH excluding ortho intramolecular Hbond substituents is 1. The Morgan fingerprint density at radius 3 is 2.17 bits per heavy atom. The van der Waals surface area contributed by atoms with E-state index in [0.29, 0.717) is 13.0 Å². The molecule has 2 aromatic rings. The average Bonchev–Trinajstić information content (AvgIpc) is 2.57. The number of hydrogen-bond donors (Lipinski definition) is 1. The van der Waals surface area contributed by atoms with Gasteiger partial charge in [-0.2, -0.15) is 0 Å². The monoisotopic (exact) mass is 312 g/mol. The van der Waals surface area contributed by atoms with Crippen LogP contribution in [-0.2, 0) is 29.0 Å². The van der Waals surface area contributed by atoms with E-state index in [-0.39, 0.29) is 24.1 Å². The van der Waals surface area contributed by atoms with Gasteiger partial charge in [0.15, 0.2) is 5.78 Å². The van der Waals surface area contributed by atoms with Crippen molar-refractivity contribution in [2.75, 3.05) is 6.61 Å². The molecule has 1 N–H and O–H groups in total. The van der Waals surface area contributed by atoms with Crippen molar-refractivity contribution in [3.63, 3.8) is 0 Å². The van der Waals surface area contributed by atoms with Crippen LogP contribution in [-0.4, -0.2) is 17.5 Å². The Kier molecular flexibility index (Phi) is 6.36. The second-order valence-electron chi connectivity index (χ2n) is 5.90. The molecule has 2 aromatic carbocycles. The van der Waals surface area contributed by atoms with E-state index in [0.717, 1.165) is 17.5 Å². The summed E-state index contributed by atoms with van der Waals surface area (Å²) in [5.41, 5.74) is 3.42. The molecule has 0 spiro atoms. The van der Waals surface area contributed by atoms with Crippen LogP contribution in [0.15, 0.2) is 48.5 Å². The van der Waals surface area contributed by atoms with Crippen molar-refractivity contribution in [1.82, 2.24) is 0 Å². The number of ketones is 1. The summed E-state index contributed by atoms with van der Waals surface area (Å²) in [5, 5.41) is 9.27. The normalized spacial score (nSPS) is 12.1. The lowest BCUT2D eigenvalue weighted by Gasteiger charge is -2.11. The fourth-order valence-electron chi connectivity index (χ4n) is 2.38. The molecule has 0 unspecified atom stereocenters. The van der Waals surface area contributed by atoms with Crippen molar-refractivity contribution in [1.29, 1.82) is 0 Å². The van der Waals surface area contributed by atoms with E-state index in [1.54, 1.807) is 12.1 Å². The molecule has 0 bridgehead atoms. The number of ether oxygens (including phenoxy) is 1. The maximum Gasteiger partial charge on any atom is 0.161 e. The van der Waals surface area contributed by atoms with Crippen molar-refractivity contribution in [3.05, 3.63) is 65.2 Å². The highest BCUT2D eigenvalue weighted by molar-refractivity contribution is 5.82. The van der Waals surface area contributed by atoms with E-state index < -0.39 is 0 Å². The average molecular weight is 312 g/mol. The SMILES string of the molecule is CCc1ccc(COCC(=O)[C@H](C)Cc2ccc(O)cc2)cc1. The lowest BCUT2D eigenvalue weighted by atomic mass is 9.97. The first kappa shape index (κ1) is 17.2. The number of Topliss-reactive ketones (excluding diaryl/α,β-unsaturated/α-hetero) is 1. The summed E-state index contributed by atoms with van der Waals surface area (Å²) in [6.07, 6.45) is 1.68. The van der Waals surface area contributed by atoms with E-state index in [1.807, 2.05) is 31.2 Å². The zero-order valence-electron chi connectivity index (χ0n) is 13.8. The van der Waals surface area contributed by atoms with Gasteiger partial charge in [0, 0.05) is 5.92 Å². The van der Waals surface area contributed by atoms with Gasteiger partial charge in [0.2, 0.25) is 0 Å². The smallest absolute Gasteiger partial charge is 0.161 e. The Morgan fingerprint density at radius 2 is 1.57 bits per heavy atom. The Labute approximate surface area is 137 Å². The summed E-state index contributed by atoms with van der Waals surface area (Å²) < 4.78 is 5.54. The van der Waals surface area contributed by atoms with E-state index in [4.69, 9.17) is 4.74 Å². The molecule has 3 nitrogen and oxygen atoms in total. The van der Waals surface area contributed by atoms with Crippen molar-refractivity contribution >= 4 is 5.78 Å². The highest BCUT2D eigenvalue weighted by Crippen LogP contribution is 2.14. The third kappa shape index (κ3) is 5.53. The second kappa shape index (κ2) is 8.49. The molecule has 0 heterocycles.